The molecule has 1 saturated heterocycles. The summed E-state index contributed by atoms with van der Waals surface area (Å²) in [5, 5.41) is 8.89. The highest BCUT2D eigenvalue weighted by Crippen LogP contribution is 2.37. The Kier molecular flexibility index (Phi) is 12.9. The Bertz CT molecular complexity index is 1820. The Labute approximate surface area is 308 Å². The molecule has 0 unspecified atom stereocenters. The first-order valence-corrected chi connectivity index (χ1v) is 16.9. The largest absolute Gasteiger partial charge is 0.497 e. The van der Waals surface area contributed by atoms with Crippen LogP contribution in [0.15, 0.2) is 97.3 Å². The van der Waals surface area contributed by atoms with Gasteiger partial charge in [0.1, 0.15) is 31.3 Å². The lowest BCUT2D eigenvalue weighted by Crippen LogP contribution is -2.41. The highest BCUT2D eigenvalue weighted by molar-refractivity contribution is 6.62. The fourth-order valence-electron chi connectivity index (χ4n) is 4.92. The predicted molar refractivity (Wildman–Crippen MR) is 195 cm³/mol. The van der Waals surface area contributed by atoms with Gasteiger partial charge in [0.05, 0.1) is 32.0 Å². The Morgan fingerprint density at radius 3 is 1.42 bits per heavy atom. The van der Waals surface area contributed by atoms with Gasteiger partial charge in [0.15, 0.2) is 17.4 Å². The molecule has 1 aliphatic heterocycles. The van der Waals surface area contributed by atoms with Crippen LogP contribution in [-0.4, -0.2) is 47.6 Å². The lowest BCUT2D eigenvalue weighted by atomic mass is 9.79. The van der Waals surface area contributed by atoms with Crippen LogP contribution in [0, 0.1) is 11.6 Å². The van der Waals surface area contributed by atoms with Crippen LogP contribution in [-0.2, 0) is 35.7 Å². The maximum atomic E-state index is 14.7. The molecule has 0 radical (unpaired) electrons. The third kappa shape index (κ3) is 10.4. The summed E-state index contributed by atoms with van der Waals surface area (Å²) in [5.74, 6) is 0.432. The molecule has 5 aromatic rings. The van der Waals surface area contributed by atoms with E-state index >= 15 is 0 Å². The van der Waals surface area contributed by atoms with Gasteiger partial charge in [-0.2, -0.15) is 0 Å². The summed E-state index contributed by atoms with van der Waals surface area (Å²) in [6.45, 7) is 8.23. The number of aromatic nitrogens is 2. The van der Waals surface area contributed by atoms with Crippen LogP contribution in [0.4, 0.5) is 8.78 Å². The minimum atomic E-state index is -0.868. The normalized spacial score (nSPS) is 14.2. The highest BCUT2D eigenvalue weighted by Gasteiger charge is 2.52. The highest BCUT2D eigenvalue weighted by atomic mass is 19.1. The van der Waals surface area contributed by atoms with Gasteiger partial charge in [-0.15, -0.1) is 0 Å². The summed E-state index contributed by atoms with van der Waals surface area (Å²) in [6.07, 6.45) is 3.14. The number of aliphatic hydroxyl groups excluding tert-OH is 1. The van der Waals surface area contributed by atoms with E-state index in [1.807, 2.05) is 76.2 Å². The van der Waals surface area contributed by atoms with E-state index in [1.54, 1.807) is 44.7 Å². The van der Waals surface area contributed by atoms with Gasteiger partial charge in [-0.3, -0.25) is 0 Å². The standard InChI is InChI=1S/C26H28BF2NO5.C14H15NO3/c1-25(2)26(3,4)35-27(34-25)19-12-21(28)24(22(29)13-19)33-16-18-8-11-23(30-14-18)32-15-17-6-9-20(31-5)10-7-17;1-17-13-5-2-11(3-6-13)10-18-14-7-4-12(9-16)8-15-14/h6-14H,15-16H2,1-5H3;2-8,16H,9-10H2,1H3. The molecule has 1 N–H and O–H groups in total. The molecule has 1 fully saturated rings. The molecule has 3 aromatic carbocycles. The fourth-order valence-corrected chi connectivity index (χ4v) is 4.92. The van der Waals surface area contributed by atoms with E-state index in [-0.39, 0.29) is 18.7 Å². The maximum absolute atomic E-state index is 14.7. The number of benzene rings is 3. The summed E-state index contributed by atoms with van der Waals surface area (Å²) >= 11 is 0. The molecule has 2 aromatic heterocycles. The SMILES string of the molecule is COc1ccc(COc2ccc(CO)cn2)cc1.COc1ccc(COc2ccc(COc3c(F)cc(B4OC(C)(C)C(C)(C)O4)cc3F)cn2)cc1. The van der Waals surface area contributed by atoms with Crippen LogP contribution in [0.3, 0.4) is 0 Å². The first-order valence-electron chi connectivity index (χ1n) is 16.9. The number of hydrogen-bond donors (Lipinski definition) is 1. The van der Waals surface area contributed by atoms with Crippen LogP contribution in [0.2, 0.25) is 0 Å². The van der Waals surface area contributed by atoms with Crippen molar-refractivity contribution in [1.29, 1.82) is 0 Å². The van der Waals surface area contributed by atoms with E-state index in [2.05, 4.69) is 9.97 Å². The van der Waals surface area contributed by atoms with Crippen molar-refractivity contribution in [3.63, 3.8) is 0 Å². The molecule has 0 bridgehead atoms. The molecule has 0 spiro atoms. The van der Waals surface area contributed by atoms with Gasteiger partial charge in [0.25, 0.3) is 0 Å². The zero-order valence-electron chi connectivity index (χ0n) is 30.6. The zero-order valence-corrected chi connectivity index (χ0v) is 30.6. The van der Waals surface area contributed by atoms with Gasteiger partial charge in [-0.25, -0.2) is 18.7 Å². The average molecular weight is 729 g/mol. The molecular weight excluding hydrogens is 685 g/mol. The predicted octanol–water partition coefficient (Wildman–Crippen LogP) is 6.99. The summed E-state index contributed by atoms with van der Waals surface area (Å²) in [4.78, 5) is 8.32. The number of nitrogens with zero attached hydrogens (tertiary/aromatic N) is 2. The number of halogens is 2. The van der Waals surface area contributed by atoms with E-state index in [1.165, 1.54) is 18.3 Å². The second-order valence-corrected chi connectivity index (χ2v) is 13.1. The molecule has 10 nitrogen and oxygen atoms in total. The molecule has 3 heterocycles. The lowest BCUT2D eigenvalue weighted by Gasteiger charge is -2.32. The Balaban J connectivity index is 0.000000252. The summed E-state index contributed by atoms with van der Waals surface area (Å²) in [7, 11) is 2.38. The topological polar surface area (TPSA) is 111 Å². The second kappa shape index (κ2) is 17.5. The van der Waals surface area contributed by atoms with Crippen molar-refractivity contribution in [3.05, 3.63) is 131 Å². The summed E-state index contributed by atoms with van der Waals surface area (Å²) in [5.41, 5.74) is 2.45. The van der Waals surface area contributed by atoms with Gasteiger partial charge in [-0.1, -0.05) is 24.3 Å². The average Bonchev–Trinajstić information content (AvgIpc) is 3.39. The first kappa shape index (κ1) is 39.0. The minimum absolute atomic E-state index is 0.00817. The third-order valence-electron chi connectivity index (χ3n) is 8.80. The second-order valence-electron chi connectivity index (χ2n) is 13.1. The quantitative estimate of drug-likeness (QED) is 0.128. The molecule has 0 aliphatic carbocycles. The molecule has 0 saturated carbocycles. The van der Waals surface area contributed by atoms with Crippen LogP contribution < -0.4 is 29.1 Å². The molecule has 13 heteroatoms. The zero-order chi connectivity index (χ0) is 38.0. The van der Waals surface area contributed by atoms with Crippen LogP contribution in [0.25, 0.3) is 0 Å². The van der Waals surface area contributed by atoms with Gasteiger partial charge < -0.3 is 38.1 Å². The Morgan fingerprint density at radius 2 is 1.02 bits per heavy atom. The monoisotopic (exact) mass is 728 g/mol. The van der Waals surface area contributed by atoms with Crippen molar-refractivity contribution >= 4 is 12.6 Å². The number of methoxy groups -OCH3 is 2. The molecule has 1 aliphatic rings. The smallest absolute Gasteiger partial charge is 0.495 e. The minimum Gasteiger partial charge on any atom is -0.497 e. The van der Waals surface area contributed by atoms with Crippen molar-refractivity contribution in [2.45, 2.75) is 65.3 Å². The number of rotatable bonds is 13. The van der Waals surface area contributed by atoms with Gasteiger partial charge in [0.2, 0.25) is 11.8 Å². The molecule has 0 atom stereocenters. The summed E-state index contributed by atoms with van der Waals surface area (Å²) < 4.78 is 68.0. The maximum Gasteiger partial charge on any atom is 0.495 e. The number of ether oxygens (including phenoxy) is 5. The molecule has 53 heavy (non-hydrogen) atoms. The van der Waals surface area contributed by atoms with Crippen molar-refractivity contribution in [1.82, 2.24) is 9.97 Å². The third-order valence-corrected chi connectivity index (χ3v) is 8.80. The van der Waals surface area contributed by atoms with Gasteiger partial charge in [-0.05, 0) is 98.4 Å². The van der Waals surface area contributed by atoms with E-state index < -0.39 is 35.7 Å². The van der Waals surface area contributed by atoms with Crippen LogP contribution >= 0.6 is 0 Å². The van der Waals surface area contributed by atoms with Crippen molar-refractivity contribution < 1.29 is 46.9 Å². The van der Waals surface area contributed by atoms with Crippen molar-refractivity contribution in [2.24, 2.45) is 0 Å². The Hall–Kier alpha value is -5.24. The van der Waals surface area contributed by atoms with Gasteiger partial charge >= 0.3 is 7.12 Å². The van der Waals surface area contributed by atoms with Gasteiger partial charge in [0, 0.05) is 30.1 Å². The van der Waals surface area contributed by atoms with E-state index in [0.29, 0.717) is 30.5 Å². The Morgan fingerprint density at radius 1 is 0.604 bits per heavy atom. The molecular formula is C40H43BF2N2O8. The molecule has 6 rings (SSSR count). The van der Waals surface area contributed by atoms with Crippen LogP contribution in [0.1, 0.15) is 49.9 Å². The number of hydrogen-bond acceptors (Lipinski definition) is 10. The molecule has 278 valence electrons. The summed E-state index contributed by atoms with van der Waals surface area (Å²) in [6, 6.07) is 24.5. The van der Waals surface area contributed by atoms with E-state index in [0.717, 1.165) is 28.2 Å². The number of aliphatic hydroxyl groups is 1. The van der Waals surface area contributed by atoms with Crippen LogP contribution in [0.5, 0.6) is 29.0 Å². The molecule has 0 amide bonds. The van der Waals surface area contributed by atoms with E-state index in [4.69, 9.17) is 38.1 Å². The fraction of sp³-hybridized carbons (Fsp3) is 0.300. The number of pyridine rings is 2. The lowest BCUT2D eigenvalue weighted by molar-refractivity contribution is 0.00578. The first-order chi connectivity index (χ1) is 25.4. The van der Waals surface area contributed by atoms with Crippen molar-refractivity contribution in [2.75, 3.05) is 14.2 Å². The van der Waals surface area contributed by atoms with E-state index in [9.17, 15) is 8.78 Å². The van der Waals surface area contributed by atoms with Crippen molar-refractivity contribution in [3.8, 4) is 29.0 Å².